The minimum absolute atomic E-state index is 0.112. The molecule has 18 heavy (non-hydrogen) atoms. The van der Waals surface area contributed by atoms with Crippen molar-refractivity contribution in [2.24, 2.45) is 10.2 Å². The van der Waals surface area contributed by atoms with Crippen molar-refractivity contribution in [2.45, 2.75) is 6.92 Å². The summed E-state index contributed by atoms with van der Waals surface area (Å²) in [5, 5.41) is 15.2. The molecule has 10 nitrogen and oxygen atoms in total. The number of rotatable bonds is 6. The van der Waals surface area contributed by atoms with E-state index in [2.05, 4.69) is 24.5 Å². The summed E-state index contributed by atoms with van der Waals surface area (Å²) < 4.78 is 8.72. The standard InChI is InChI=1S/C8H11N3O7/c1-6(9-10-8(13)16-2)5-7(12)17-3-4-18-11(14)15/h5H,3-4H2,1-2H3/b6-5-,10-9?. The minimum Gasteiger partial charge on any atom is -0.460 e. The van der Waals surface area contributed by atoms with Crippen molar-refractivity contribution in [2.75, 3.05) is 20.3 Å². The van der Waals surface area contributed by atoms with Gasteiger partial charge in [0.05, 0.1) is 12.8 Å². The van der Waals surface area contributed by atoms with E-state index in [1.807, 2.05) is 0 Å². The zero-order valence-electron chi connectivity index (χ0n) is 9.69. The van der Waals surface area contributed by atoms with Crippen molar-refractivity contribution < 1.29 is 29.0 Å². The molecule has 0 aromatic rings. The molecule has 0 aromatic carbocycles. The van der Waals surface area contributed by atoms with Crippen molar-refractivity contribution in [1.29, 1.82) is 0 Å². The number of hydrogen-bond acceptors (Lipinski definition) is 8. The first-order valence-electron chi connectivity index (χ1n) is 4.57. The molecule has 0 aromatic heterocycles. The average molecular weight is 261 g/mol. The van der Waals surface area contributed by atoms with E-state index >= 15 is 0 Å². The molecule has 0 saturated carbocycles. The van der Waals surface area contributed by atoms with E-state index in [9.17, 15) is 19.7 Å². The maximum Gasteiger partial charge on any atom is 0.452 e. The fourth-order valence-electron chi connectivity index (χ4n) is 0.656. The molecule has 1 amide bonds. The van der Waals surface area contributed by atoms with Gasteiger partial charge in [-0.1, -0.05) is 5.11 Å². The molecule has 0 unspecified atom stereocenters. The first-order chi connectivity index (χ1) is 8.45. The van der Waals surface area contributed by atoms with Crippen molar-refractivity contribution in [3.8, 4) is 0 Å². The molecule has 0 spiro atoms. The predicted molar refractivity (Wildman–Crippen MR) is 54.9 cm³/mol. The number of methoxy groups -OCH3 is 1. The van der Waals surface area contributed by atoms with E-state index in [4.69, 9.17) is 0 Å². The summed E-state index contributed by atoms with van der Waals surface area (Å²) in [6.07, 6.45) is 0.0500. The largest absolute Gasteiger partial charge is 0.460 e. The van der Waals surface area contributed by atoms with E-state index in [1.165, 1.54) is 6.92 Å². The maximum atomic E-state index is 11.1. The minimum atomic E-state index is -1.00. The van der Waals surface area contributed by atoms with E-state index in [0.29, 0.717) is 0 Å². The predicted octanol–water partition coefficient (Wildman–Crippen LogP) is 0.860. The summed E-state index contributed by atoms with van der Waals surface area (Å²) in [4.78, 5) is 35.3. The Morgan fingerprint density at radius 3 is 2.56 bits per heavy atom. The molecule has 0 aliphatic heterocycles. The Labute approximate surface area is 101 Å². The van der Waals surface area contributed by atoms with Crippen LogP contribution in [0.1, 0.15) is 6.92 Å². The second-order valence-electron chi connectivity index (χ2n) is 2.68. The molecule has 100 valence electrons. The fraction of sp³-hybridized carbons (Fsp3) is 0.500. The molecule has 0 heterocycles. The molecule has 0 bridgehead atoms. The highest BCUT2D eigenvalue weighted by Gasteiger charge is 2.01. The van der Waals surface area contributed by atoms with Gasteiger partial charge in [-0.3, -0.25) is 0 Å². The normalized spacial score (nSPS) is 11.1. The quantitative estimate of drug-likeness (QED) is 0.173. The van der Waals surface area contributed by atoms with Crippen molar-refractivity contribution in [1.82, 2.24) is 0 Å². The van der Waals surface area contributed by atoms with Crippen LogP contribution >= 0.6 is 0 Å². The van der Waals surface area contributed by atoms with Crippen LogP contribution in [-0.2, 0) is 19.1 Å². The zero-order valence-corrected chi connectivity index (χ0v) is 9.69. The summed E-state index contributed by atoms with van der Waals surface area (Å²) in [6.45, 7) is 0.758. The highest BCUT2D eigenvalue weighted by molar-refractivity contribution is 5.82. The van der Waals surface area contributed by atoms with Gasteiger partial charge in [-0.25, -0.2) is 9.59 Å². The second-order valence-corrected chi connectivity index (χ2v) is 2.68. The summed E-state index contributed by atoms with van der Waals surface area (Å²) in [7, 11) is 1.13. The summed E-state index contributed by atoms with van der Waals surface area (Å²) in [5.41, 5.74) is 0.112. The van der Waals surface area contributed by atoms with Crippen molar-refractivity contribution in [3.63, 3.8) is 0 Å². The van der Waals surface area contributed by atoms with Gasteiger partial charge in [0.2, 0.25) is 0 Å². The van der Waals surface area contributed by atoms with Gasteiger partial charge >= 0.3 is 12.1 Å². The Bertz CT molecular complexity index is 377. The smallest absolute Gasteiger partial charge is 0.452 e. The number of azo groups is 1. The lowest BCUT2D eigenvalue weighted by Gasteiger charge is -2.00. The number of allylic oxidation sites excluding steroid dienone is 1. The summed E-state index contributed by atoms with van der Waals surface area (Å²) >= 11 is 0. The van der Waals surface area contributed by atoms with Crippen LogP contribution in [0.3, 0.4) is 0 Å². The van der Waals surface area contributed by atoms with Crippen LogP contribution in [0.5, 0.6) is 0 Å². The monoisotopic (exact) mass is 261 g/mol. The molecular formula is C8H11N3O7. The molecule has 0 aliphatic rings. The number of hydrogen-bond donors (Lipinski definition) is 0. The molecule has 0 rings (SSSR count). The molecule has 0 aliphatic carbocycles. The van der Waals surface area contributed by atoms with Gasteiger partial charge in [-0.2, -0.15) is 0 Å². The third kappa shape index (κ3) is 8.76. The Kier molecular flexibility index (Phi) is 7.41. The van der Waals surface area contributed by atoms with Gasteiger partial charge in [0.15, 0.2) is 0 Å². The van der Waals surface area contributed by atoms with E-state index in [-0.39, 0.29) is 18.9 Å². The SMILES string of the molecule is COC(=O)N=N/C(C)=C\C(=O)OCCO[N+](=O)[O-]. The molecule has 0 saturated heterocycles. The molecule has 0 fully saturated rings. The lowest BCUT2D eigenvalue weighted by Crippen LogP contribution is -2.11. The maximum absolute atomic E-state index is 11.1. The third-order valence-electron chi connectivity index (χ3n) is 1.32. The van der Waals surface area contributed by atoms with Crippen LogP contribution in [-0.4, -0.2) is 37.5 Å². The highest BCUT2D eigenvalue weighted by Crippen LogP contribution is 1.98. The number of carbonyl (C=O) groups is 2. The topological polar surface area (TPSA) is 130 Å². The van der Waals surface area contributed by atoms with Gasteiger partial charge < -0.3 is 14.3 Å². The number of nitrogens with zero attached hydrogens (tertiary/aromatic N) is 3. The second kappa shape index (κ2) is 8.61. The van der Waals surface area contributed by atoms with E-state index < -0.39 is 17.1 Å². The van der Waals surface area contributed by atoms with Crippen LogP contribution < -0.4 is 0 Å². The Hall–Kier alpha value is -2.52. The van der Waals surface area contributed by atoms with Gasteiger partial charge in [0, 0.05) is 6.08 Å². The van der Waals surface area contributed by atoms with Crippen molar-refractivity contribution >= 4 is 12.1 Å². The Balaban J connectivity index is 4.01. The first-order valence-corrected chi connectivity index (χ1v) is 4.57. The van der Waals surface area contributed by atoms with Crippen LogP contribution in [0.25, 0.3) is 0 Å². The summed E-state index contributed by atoms with van der Waals surface area (Å²) in [6, 6.07) is 0. The average Bonchev–Trinajstić information content (AvgIpc) is 2.31. The van der Waals surface area contributed by atoms with E-state index in [1.54, 1.807) is 0 Å². The number of amides is 1. The molecular weight excluding hydrogens is 250 g/mol. The van der Waals surface area contributed by atoms with Gasteiger partial charge in [-0.15, -0.1) is 15.2 Å². The Morgan fingerprint density at radius 1 is 1.33 bits per heavy atom. The summed E-state index contributed by atoms with van der Waals surface area (Å²) in [5.74, 6) is -0.789. The number of ether oxygens (including phenoxy) is 2. The molecule has 10 heteroatoms. The van der Waals surface area contributed by atoms with Crippen molar-refractivity contribution in [3.05, 3.63) is 21.9 Å². The van der Waals surface area contributed by atoms with Crippen LogP contribution in [0, 0.1) is 10.1 Å². The molecule has 0 atom stereocenters. The van der Waals surface area contributed by atoms with Gasteiger partial charge in [0.1, 0.15) is 13.2 Å². The molecule has 0 radical (unpaired) electrons. The van der Waals surface area contributed by atoms with Crippen LogP contribution in [0.2, 0.25) is 0 Å². The third-order valence-corrected chi connectivity index (χ3v) is 1.32. The van der Waals surface area contributed by atoms with E-state index in [0.717, 1.165) is 13.2 Å². The van der Waals surface area contributed by atoms with Gasteiger partial charge in [-0.05, 0) is 6.92 Å². The first kappa shape index (κ1) is 15.5. The highest BCUT2D eigenvalue weighted by atomic mass is 17.0. The lowest BCUT2D eigenvalue weighted by atomic mass is 10.4. The number of carbonyl (C=O) groups excluding carboxylic acids is 2. The van der Waals surface area contributed by atoms with Gasteiger partial charge in [0.25, 0.3) is 5.09 Å². The lowest BCUT2D eigenvalue weighted by molar-refractivity contribution is -0.757. The van der Waals surface area contributed by atoms with Crippen LogP contribution in [0.15, 0.2) is 22.0 Å². The molecule has 0 N–H and O–H groups in total. The Morgan fingerprint density at radius 2 is 2.00 bits per heavy atom. The zero-order chi connectivity index (χ0) is 14.0. The van der Waals surface area contributed by atoms with Crippen LogP contribution in [0.4, 0.5) is 4.79 Å². The fourth-order valence-corrected chi connectivity index (χ4v) is 0.656. The number of esters is 1.